The van der Waals surface area contributed by atoms with E-state index in [-0.39, 0.29) is 11.7 Å². The van der Waals surface area contributed by atoms with E-state index >= 15 is 0 Å². The largest absolute Gasteiger partial charge is 0.493 e. The zero-order chi connectivity index (χ0) is 21.1. The third kappa shape index (κ3) is 4.36. The molecule has 3 heterocycles. The number of fused-ring (bicyclic) bond motifs is 1. The lowest BCUT2D eigenvalue weighted by Gasteiger charge is -2.28. The molecule has 3 aromatic rings. The Labute approximate surface area is 175 Å². The number of hydrogen-bond acceptors (Lipinski definition) is 6. The number of aromatic amines is 1. The summed E-state index contributed by atoms with van der Waals surface area (Å²) in [5.41, 5.74) is 3.55. The first-order chi connectivity index (χ1) is 14.5. The van der Waals surface area contributed by atoms with Gasteiger partial charge in [0.15, 0.2) is 11.5 Å². The van der Waals surface area contributed by atoms with Gasteiger partial charge >= 0.3 is 0 Å². The maximum absolute atomic E-state index is 12.6. The smallest absolute Gasteiger partial charge is 0.254 e. The first-order valence-corrected chi connectivity index (χ1v) is 10.1. The van der Waals surface area contributed by atoms with E-state index in [1.165, 1.54) is 0 Å². The molecule has 1 aliphatic heterocycles. The van der Waals surface area contributed by atoms with Gasteiger partial charge in [0.2, 0.25) is 0 Å². The molecule has 0 saturated heterocycles. The molecule has 0 bridgehead atoms. The van der Waals surface area contributed by atoms with E-state index in [9.17, 15) is 4.79 Å². The molecule has 7 nitrogen and oxygen atoms in total. The van der Waals surface area contributed by atoms with Gasteiger partial charge in [-0.15, -0.1) is 0 Å². The van der Waals surface area contributed by atoms with Crippen LogP contribution in [-0.4, -0.2) is 39.6 Å². The van der Waals surface area contributed by atoms with Gasteiger partial charge in [-0.25, -0.2) is 4.98 Å². The SMILES string of the molecule is COc1cc(CN2CCc3c(nc(-c4ccncc4)[nH]c3=O)C2)ccc1OC(C)C. The maximum Gasteiger partial charge on any atom is 0.254 e. The minimum absolute atomic E-state index is 0.0525. The Kier molecular flexibility index (Phi) is 5.81. The third-order valence-corrected chi connectivity index (χ3v) is 5.10. The lowest BCUT2D eigenvalue weighted by Crippen LogP contribution is -2.35. The lowest BCUT2D eigenvalue weighted by molar-refractivity contribution is 0.227. The van der Waals surface area contributed by atoms with Crippen LogP contribution in [0.25, 0.3) is 11.4 Å². The van der Waals surface area contributed by atoms with Crippen molar-refractivity contribution >= 4 is 0 Å². The number of aromatic nitrogens is 3. The fourth-order valence-corrected chi connectivity index (χ4v) is 3.70. The number of H-pyrrole nitrogens is 1. The number of nitrogens with one attached hydrogen (secondary N) is 1. The van der Waals surface area contributed by atoms with Gasteiger partial charge in [-0.05, 0) is 50.1 Å². The van der Waals surface area contributed by atoms with E-state index in [2.05, 4.69) is 20.9 Å². The van der Waals surface area contributed by atoms with Crippen molar-refractivity contribution in [1.82, 2.24) is 19.9 Å². The van der Waals surface area contributed by atoms with E-state index in [1.807, 2.05) is 38.1 Å². The van der Waals surface area contributed by atoms with Crippen LogP contribution < -0.4 is 15.0 Å². The second-order valence-corrected chi connectivity index (χ2v) is 7.69. The molecule has 0 amide bonds. The minimum atomic E-state index is -0.0525. The molecule has 156 valence electrons. The summed E-state index contributed by atoms with van der Waals surface area (Å²) in [7, 11) is 1.65. The highest BCUT2D eigenvalue weighted by molar-refractivity contribution is 5.54. The molecule has 0 spiro atoms. The minimum Gasteiger partial charge on any atom is -0.493 e. The Morgan fingerprint density at radius 1 is 1.17 bits per heavy atom. The molecule has 0 unspecified atom stereocenters. The predicted octanol–water partition coefficient (Wildman–Crippen LogP) is 3.19. The molecule has 1 N–H and O–H groups in total. The van der Waals surface area contributed by atoms with Crippen molar-refractivity contribution in [3.63, 3.8) is 0 Å². The van der Waals surface area contributed by atoms with Gasteiger partial charge in [-0.2, -0.15) is 0 Å². The summed E-state index contributed by atoms with van der Waals surface area (Å²) in [5, 5.41) is 0. The molecule has 0 radical (unpaired) electrons. The van der Waals surface area contributed by atoms with E-state index in [4.69, 9.17) is 14.5 Å². The predicted molar refractivity (Wildman–Crippen MR) is 115 cm³/mol. The third-order valence-electron chi connectivity index (χ3n) is 5.10. The number of ether oxygens (including phenoxy) is 2. The summed E-state index contributed by atoms with van der Waals surface area (Å²) in [4.78, 5) is 26.6. The first-order valence-electron chi connectivity index (χ1n) is 10.1. The monoisotopic (exact) mass is 406 g/mol. The molecule has 1 aliphatic rings. The van der Waals surface area contributed by atoms with Crippen LogP contribution in [0.3, 0.4) is 0 Å². The van der Waals surface area contributed by atoms with Crippen LogP contribution in [0.1, 0.15) is 30.7 Å². The number of benzene rings is 1. The van der Waals surface area contributed by atoms with Crippen LogP contribution in [0, 0.1) is 0 Å². The standard InChI is InChI=1S/C23H26N4O3/c1-15(2)30-20-5-4-16(12-21(20)29-3)13-27-11-8-18-19(14-27)25-22(26-23(18)28)17-6-9-24-10-7-17/h4-7,9-10,12,15H,8,11,13-14H2,1-3H3,(H,25,26,28). The molecule has 4 rings (SSSR count). The van der Waals surface area contributed by atoms with Gasteiger partial charge in [0.1, 0.15) is 5.82 Å². The van der Waals surface area contributed by atoms with Crippen molar-refractivity contribution in [1.29, 1.82) is 0 Å². The highest BCUT2D eigenvalue weighted by atomic mass is 16.5. The van der Waals surface area contributed by atoms with Crippen LogP contribution >= 0.6 is 0 Å². The Hall–Kier alpha value is -3.19. The average molecular weight is 406 g/mol. The summed E-state index contributed by atoms with van der Waals surface area (Å²) in [6.07, 6.45) is 4.16. The molecule has 0 aliphatic carbocycles. The topological polar surface area (TPSA) is 80.3 Å². The Morgan fingerprint density at radius 2 is 1.97 bits per heavy atom. The second-order valence-electron chi connectivity index (χ2n) is 7.69. The molecular formula is C23H26N4O3. The van der Waals surface area contributed by atoms with Gasteiger partial charge in [-0.1, -0.05) is 6.07 Å². The van der Waals surface area contributed by atoms with E-state index in [1.54, 1.807) is 19.5 Å². The van der Waals surface area contributed by atoms with Gasteiger partial charge in [0, 0.05) is 43.2 Å². The Balaban J connectivity index is 1.54. The highest BCUT2D eigenvalue weighted by Crippen LogP contribution is 2.30. The van der Waals surface area contributed by atoms with Crippen molar-refractivity contribution in [3.05, 3.63) is 69.9 Å². The Morgan fingerprint density at radius 3 is 2.70 bits per heavy atom. The van der Waals surface area contributed by atoms with E-state index in [0.29, 0.717) is 18.8 Å². The van der Waals surface area contributed by atoms with Crippen LogP contribution in [0.4, 0.5) is 0 Å². The quantitative estimate of drug-likeness (QED) is 0.677. The van der Waals surface area contributed by atoms with Crippen molar-refractivity contribution < 1.29 is 9.47 Å². The fraction of sp³-hybridized carbons (Fsp3) is 0.348. The second kappa shape index (κ2) is 8.67. The van der Waals surface area contributed by atoms with Crippen LogP contribution in [0.2, 0.25) is 0 Å². The number of rotatable bonds is 6. The number of hydrogen-bond donors (Lipinski definition) is 1. The first kappa shape index (κ1) is 20.1. The Bertz CT molecular complexity index is 1080. The fourth-order valence-electron chi connectivity index (χ4n) is 3.70. The molecular weight excluding hydrogens is 380 g/mol. The van der Waals surface area contributed by atoms with Crippen molar-refractivity contribution in [2.24, 2.45) is 0 Å². The van der Waals surface area contributed by atoms with Gasteiger partial charge < -0.3 is 14.5 Å². The van der Waals surface area contributed by atoms with Crippen LogP contribution in [-0.2, 0) is 19.5 Å². The van der Waals surface area contributed by atoms with Crippen molar-refractivity contribution in [2.75, 3.05) is 13.7 Å². The summed E-state index contributed by atoms with van der Waals surface area (Å²) >= 11 is 0. The molecule has 1 aromatic carbocycles. The average Bonchev–Trinajstić information content (AvgIpc) is 2.75. The zero-order valence-corrected chi connectivity index (χ0v) is 17.5. The molecule has 30 heavy (non-hydrogen) atoms. The van der Waals surface area contributed by atoms with Crippen molar-refractivity contribution in [3.8, 4) is 22.9 Å². The molecule has 0 atom stereocenters. The zero-order valence-electron chi connectivity index (χ0n) is 17.5. The number of methoxy groups -OCH3 is 1. The summed E-state index contributed by atoms with van der Waals surface area (Å²) in [6.45, 7) is 6.17. The maximum atomic E-state index is 12.6. The molecule has 0 saturated carbocycles. The van der Waals surface area contributed by atoms with Crippen LogP contribution in [0.5, 0.6) is 11.5 Å². The van der Waals surface area contributed by atoms with E-state index < -0.39 is 0 Å². The van der Waals surface area contributed by atoms with Gasteiger partial charge in [0.05, 0.1) is 18.9 Å². The van der Waals surface area contributed by atoms with Crippen LogP contribution in [0.15, 0.2) is 47.5 Å². The summed E-state index contributed by atoms with van der Waals surface area (Å²) in [5.74, 6) is 2.06. The number of nitrogens with zero attached hydrogens (tertiary/aromatic N) is 3. The van der Waals surface area contributed by atoms with Gasteiger partial charge in [0.25, 0.3) is 5.56 Å². The summed E-state index contributed by atoms with van der Waals surface area (Å²) < 4.78 is 11.3. The summed E-state index contributed by atoms with van der Waals surface area (Å²) in [6, 6.07) is 9.72. The van der Waals surface area contributed by atoms with E-state index in [0.717, 1.165) is 47.0 Å². The number of pyridine rings is 1. The van der Waals surface area contributed by atoms with Gasteiger partial charge in [-0.3, -0.25) is 14.7 Å². The molecule has 7 heteroatoms. The molecule has 2 aromatic heterocycles. The lowest BCUT2D eigenvalue weighted by atomic mass is 10.0. The molecule has 0 fully saturated rings. The van der Waals surface area contributed by atoms with Crippen molar-refractivity contribution in [2.45, 2.75) is 39.5 Å². The highest BCUT2D eigenvalue weighted by Gasteiger charge is 2.22. The normalized spacial score (nSPS) is 13.9.